The Morgan fingerprint density at radius 2 is 1.77 bits per heavy atom. The van der Waals surface area contributed by atoms with Gasteiger partial charge >= 0.3 is 6.36 Å². The summed E-state index contributed by atoms with van der Waals surface area (Å²) >= 11 is 0. The van der Waals surface area contributed by atoms with E-state index in [4.69, 9.17) is 0 Å². The van der Waals surface area contributed by atoms with Gasteiger partial charge in [0.2, 0.25) is 10.0 Å². The summed E-state index contributed by atoms with van der Waals surface area (Å²) in [6.45, 7) is 0.644. The second-order valence-corrected chi connectivity index (χ2v) is 8.45. The van der Waals surface area contributed by atoms with Crippen molar-refractivity contribution < 1.29 is 31.2 Å². The quantitative estimate of drug-likeness (QED) is 0.412. The van der Waals surface area contributed by atoms with Gasteiger partial charge in [0.05, 0.1) is 9.82 Å². The number of hydrogen-bond donors (Lipinski definition) is 2. The van der Waals surface area contributed by atoms with Crippen molar-refractivity contribution in [1.29, 1.82) is 0 Å². The normalized spacial score (nSPS) is 12.1. The molecule has 0 aliphatic carbocycles. The fourth-order valence-corrected chi connectivity index (χ4v) is 3.51. The molecule has 0 heterocycles. The van der Waals surface area contributed by atoms with Crippen LogP contribution >= 0.6 is 0 Å². The Labute approximate surface area is 177 Å². The maximum absolute atomic E-state index is 12.3. The van der Waals surface area contributed by atoms with Crippen molar-refractivity contribution in [2.24, 2.45) is 0 Å². The van der Waals surface area contributed by atoms with Gasteiger partial charge in [0, 0.05) is 25.7 Å². The van der Waals surface area contributed by atoms with Gasteiger partial charge in [-0.3, -0.25) is 10.1 Å². The highest BCUT2D eigenvalue weighted by molar-refractivity contribution is 7.89. The fourth-order valence-electron chi connectivity index (χ4n) is 2.47. The standard InChI is InChI=1S/C18H21F3N4O5S/c1-24(2)10-9-23-31(28,29)15-7-8-16(17(11-15)25(26)27)22-12-13-3-5-14(6-4-13)30-18(19,20)21/h3-8,11,22-23H,9-10,12H2,1-2H3. The second kappa shape index (κ2) is 9.94. The lowest BCUT2D eigenvalue weighted by Gasteiger charge is -2.12. The lowest BCUT2D eigenvalue weighted by molar-refractivity contribution is -0.384. The average Bonchev–Trinajstić information content (AvgIpc) is 2.65. The Morgan fingerprint density at radius 3 is 2.32 bits per heavy atom. The number of rotatable bonds is 10. The molecule has 2 aromatic carbocycles. The fraction of sp³-hybridized carbons (Fsp3) is 0.333. The van der Waals surface area contributed by atoms with Gasteiger partial charge in [-0.1, -0.05) is 12.1 Å². The molecule has 0 aromatic heterocycles. The Kier molecular flexibility index (Phi) is 7.81. The number of benzene rings is 2. The summed E-state index contributed by atoms with van der Waals surface area (Å²) in [5, 5.41) is 14.2. The van der Waals surface area contributed by atoms with Crippen molar-refractivity contribution in [3.05, 3.63) is 58.1 Å². The van der Waals surface area contributed by atoms with Gasteiger partial charge in [-0.25, -0.2) is 13.1 Å². The molecule has 2 N–H and O–H groups in total. The van der Waals surface area contributed by atoms with Crippen LogP contribution < -0.4 is 14.8 Å². The number of sulfonamides is 1. The van der Waals surface area contributed by atoms with E-state index < -0.39 is 32.7 Å². The molecule has 0 spiro atoms. The summed E-state index contributed by atoms with van der Waals surface area (Å²) in [5.74, 6) is -0.390. The van der Waals surface area contributed by atoms with E-state index in [1.165, 1.54) is 24.3 Å². The highest BCUT2D eigenvalue weighted by Crippen LogP contribution is 2.28. The third-order valence-corrected chi connectivity index (χ3v) is 5.43. The van der Waals surface area contributed by atoms with Crippen LogP contribution in [0, 0.1) is 10.1 Å². The van der Waals surface area contributed by atoms with Gasteiger partial charge < -0.3 is 15.0 Å². The molecule has 0 fully saturated rings. The highest BCUT2D eigenvalue weighted by Gasteiger charge is 2.31. The molecule has 0 aliphatic rings. The van der Waals surface area contributed by atoms with Gasteiger partial charge in [-0.15, -0.1) is 13.2 Å². The molecule has 0 aliphatic heterocycles. The van der Waals surface area contributed by atoms with Crippen LogP contribution in [0.4, 0.5) is 24.5 Å². The van der Waals surface area contributed by atoms with E-state index in [1.807, 2.05) is 0 Å². The number of nitro groups is 1. The number of nitro benzene ring substituents is 1. The van der Waals surface area contributed by atoms with E-state index in [9.17, 15) is 31.7 Å². The molecule has 0 bridgehead atoms. The van der Waals surface area contributed by atoms with E-state index in [0.717, 1.165) is 18.2 Å². The molecule has 0 saturated heterocycles. The first-order chi connectivity index (χ1) is 14.4. The SMILES string of the molecule is CN(C)CCNS(=O)(=O)c1ccc(NCc2ccc(OC(F)(F)F)cc2)c([N+](=O)[O-])c1. The first-order valence-corrected chi connectivity index (χ1v) is 10.4. The molecular weight excluding hydrogens is 441 g/mol. The third kappa shape index (κ3) is 7.70. The van der Waals surface area contributed by atoms with Crippen molar-refractivity contribution in [3.63, 3.8) is 0 Å². The van der Waals surface area contributed by atoms with Gasteiger partial charge in [-0.2, -0.15) is 0 Å². The van der Waals surface area contributed by atoms with Crippen molar-refractivity contribution in [2.75, 3.05) is 32.5 Å². The summed E-state index contributed by atoms with van der Waals surface area (Å²) in [7, 11) is -0.382. The maximum Gasteiger partial charge on any atom is 0.573 e. The Hall–Kier alpha value is -2.90. The Bertz CT molecular complexity index is 1010. The molecule has 170 valence electrons. The summed E-state index contributed by atoms with van der Waals surface area (Å²) in [5.41, 5.74) is 0.145. The van der Waals surface area contributed by atoms with Crippen LogP contribution in [0.25, 0.3) is 0 Å². The summed E-state index contributed by atoms with van der Waals surface area (Å²) in [6, 6.07) is 8.41. The Morgan fingerprint density at radius 1 is 1.13 bits per heavy atom. The highest BCUT2D eigenvalue weighted by atomic mass is 32.2. The maximum atomic E-state index is 12.3. The minimum atomic E-state index is -4.80. The first kappa shape index (κ1) is 24.4. The lowest BCUT2D eigenvalue weighted by Crippen LogP contribution is -2.31. The van der Waals surface area contributed by atoms with E-state index in [1.54, 1.807) is 19.0 Å². The van der Waals surface area contributed by atoms with E-state index in [2.05, 4.69) is 14.8 Å². The van der Waals surface area contributed by atoms with Crippen LogP contribution in [0.5, 0.6) is 5.75 Å². The van der Waals surface area contributed by atoms with Crippen LogP contribution in [-0.2, 0) is 16.6 Å². The third-order valence-electron chi connectivity index (χ3n) is 3.97. The minimum absolute atomic E-state index is 0.0559. The number of hydrogen-bond acceptors (Lipinski definition) is 7. The molecule has 9 nitrogen and oxygen atoms in total. The summed E-state index contributed by atoms with van der Waals surface area (Å²) < 4.78 is 67.5. The van der Waals surface area contributed by atoms with Crippen molar-refractivity contribution in [3.8, 4) is 5.75 Å². The molecule has 31 heavy (non-hydrogen) atoms. The van der Waals surface area contributed by atoms with Crippen molar-refractivity contribution in [1.82, 2.24) is 9.62 Å². The molecule has 2 rings (SSSR count). The Balaban J connectivity index is 2.12. The van der Waals surface area contributed by atoms with Crippen molar-refractivity contribution >= 4 is 21.4 Å². The van der Waals surface area contributed by atoms with Gasteiger partial charge in [0.15, 0.2) is 0 Å². The molecule has 0 saturated carbocycles. The van der Waals surface area contributed by atoms with Crippen LogP contribution in [0.3, 0.4) is 0 Å². The number of alkyl halides is 3. The molecule has 0 amide bonds. The van der Waals surface area contributed by atoms with Crippen LogP contribution in [-0.4, -0.2) is 51.8 Å². The number of ether oxygens (including phenoxy) is 1. The van der Waals surface area contributed by atoms with Gasteiger partial charge in [0.25, 0.3) is 5.69 Å². The number of nitrogens with zero attached hydrogens (tertiary/aromatic N) is 2. The average molecular weight is 462 g/mol. The van der Waals surface area contributed by atoms with E-state index in [0.29, 0.717) is 12.1 Å². The predicted octanol–water partition coefficient (Wildman–Crippen LogP) is 2.95. The van der Waals surface area contributed by atoms with Crippen LogP contribution in [0.1, 0.15) is 5.56 Å². The minimum Gasteiger partial charge on any atom is -0.406 e. The van der Waals surface area contributed by atoms with E-state index in [-0.39, 0.29) is 23.7 Å². The monoisotopic (exact) mass is 462 g/mol. The van der Waals surface area contributed by atoms with E-state index >= 15 is 0 Å². The molecule has 2 aromatic rings. The summed E-state index contributed by atoms with van der Waals surface area (Å²) in [4.78, 5) is 12.2. The number of halogens is 3. The summed E-state index contributed by atoms with van der Waals surface area (Å²) in [6.07, 6.45) is -4.80. The predicted molar refractivity (Wildman–Crippen MR) is 107 cm³/mol. The molecule has 13 heteroatoms. The van der Waals surface area contributed by atoms with Gasteiger partial charge in [0.1, 0.15) is 11.4 Å². The largest absolute Gasteiger partial charge is 0.573 e. The number of nitrogens with one attached hydrogen (secondary N) is 2. The van der Waals surface area contributed by atoms with Crippen LogP contribution in [0.15, 0.2) is 47.4 Å². The molecule has 0 atom stereocenters. The molecule has 0 unspecified atom stereocenters. The zero-order valence-corrected chi connectivity index (χ0v) is 17.5. The first-order valence-electron chi connectivity index (χ1n) is 8.89. The van der Waals surface area contributed by atoms with Gasteiger partial charge in [-0.05, 0) is 43.9 Å². The van der Waals surface area contributed by atoms with Crippen LogP contribution in [0.2, 0.25) is 0 Å². The second-order valence-electron chi connectivity index (χ2n) is 6.68. The van der Waals surface area contributed by atoms with Crippen molar-refractivity contribution in [2.45, 2.75) is 17.8 Å². The molecular formula is C18H21F3N4O5S. The zero-order valence-electron chi connectivity index (χ0n) is 16.6. The number of anilines is 1. The molecule has 0 radical (unpaired) electrons. The lowest BCUT2D eigenvalue weighted by atomic mass is 10.2. The smallest absolute Gasteiger partial charge is 0.406 e. The topological polar surface area (TPSA) is 114 Å². The number of likely N-dealkylation sites (N-methyl/N-ethyl adjacent to an activating group) is 1. The zero-order chi connectivity index (χ0) is 23.2.